The Morgan fingerprint density at radius 2 is 1.63 bits per heavy atom. The molecule has 0 saturated carbocycles. The van der Waals surface area contributed by atoms with E-state index in [1.807, 2.05) is 48.5 Å². The van der Waals surface area contributed by atoms with Crippen LogP contribution in [-0.2, 0) is 22.6 Å². The van der Waals surface area contributed by atoms with Gasteiger partial charge in [-0.15, -0.1) is 6.58 Å². The Bertz CT molecular complexity index is 1150. The monoisotopic (exact) mass is 492 g/mol. The lowest BCUT2D eigenvalue weighted by molar-refractivity contribution is -0.141. The van der Waals surface area contributed by atoms with Gasteiger partial charge in [-0.25, -0.2) is 0 Å². The van der Waals surface area contributed by atoms with Crippen LogP contribution in [0.5, 0.6) is 11.5 Å². The summed E-state index contributed by atoms with van der Waals surface area (Å²) in [6.45, 7) is 4.20. The molecule has 0 aliphatic heterocycles. The van der Waals surface area contributed by atoms with Gasteiger partial charge in [0.05, 0.1) is 20.6 Å². The third-order valence-corrected chi connectivity index (χ3v) is 5.74. The molecule has 6 nitrogen and oxygen atoms in total. The van der Waals surface area contributed by atoms with Crippen molar-refractivity contribution >= 4 is 23.4 Å². The fourth-order valence-electron chi connectivity index (χ4n) is 3.75. The number of hydrogen-bond donors (Lipinski definition) is 1. The van der Waals surface area contributed by atoms with E-state index in [0.717, 1.165) is 11.1 Å². The minimum atomic E-state index is -0.834. The molecule has 7 heteroatoms. The van der Waals surface area contributed by atoms with Gasteiger partial charge in [0.2, 0.25) is 11.8 Å². The summed E-state index contributed by atoms with van der Waals surface area (Å²) in [5.74, 6) is 0.610. The molecule has 0 bridgehead atoms. The number of ether oxygens (including phenoxy) is 2. The maximum absolute atomic E-state index is 13.8. The lowest BCUT2D eigenvalue weighted by atomic mass is 10.0. The number of halogens is 1. The number of nitrogens with zero attached hydrogens (tertiary/aromatic N) is 1. The molecule has 2 amide bonds. The number of benzene rings is 3. The number of methoxy groups -OCH3 is 2. The highest BCUT2D eigenvalue weighted by molar-refractivity contribution is 6.30. The second-order valence-corrected chi connectivity index (χ2v) is 8.30. The average molecular weight is 493 g/mol. The number of rotatable bonds is 11. The first-order valence-electron chi connectivity index (χ1n) is 11.1. The SMILES string of the molecule is C=CCNC(=O)C(c1ccccc1)N(Cc1ccc(Cl)cc1)C(=O)Cc1ccc(OC)c(OC)c1. The molecule has 0 aromatic heterocycles. The molecule has 0 aliphatic rings. The number of amides is 2. The minimum absolute atomic E-state index is 0.0754. The molecule has 35 heavy (non-hydrogen) atoms. The molecule has 1 atom stereocenters. The van der Waals surface area contributed by atoms with Crippen LogP contribution in [0.3, 0.4) is 0 Å². The summed E-state index contributed by atoms with van der Waals surface area (Å²) in [6, 6.07) is 21.0. The highest BCUT2D eigenvalue weighted by Gasteiger charge is 2.31. The van der Waals surface area contributed by atoms with Crippen LogP contribution in [0.15, 0.2) is 85.5 Å². The predicted octanol–water partition coefficient (Wildman–Crippen LogP) is 4.97. The molecular formula is C28H29ClN2O4. The van der Waals surface area contributed by atoms with Crippen LogP contribution < -0.4 is 14.8 Å². The van der Waals surface area contributed by atoms with Crippen LogP contribution >= 0.6 is 11.6 Å². The Labute approximate surface area is 211 Å². The molecule has 0 spiro atoms. The molecule has 0 aliphatic carbocycles. The largest absolute Gasteiger partial charge is 0.493 e. The van der Waals surface area contributed by atoms with E-state index in [0.29, 0.717) is 28.6 Å². The summed E-state index contributed by atoms with van der Waals surface area (Å²) >= 11 is 6.06. The van der Waals surface area contributed by atoms with Gasteiger partial charge in [0.25, 0.3) is 0 Å². The van der Waals surface area contributed by atoms with Crippen molar-refractivity contribution in [2.75, 3.05) is 20.8 Å². The third kappa shape index (κ3) is 6.87. The van der Waals surface area contributed by atoms with Gasteiger partial charge in [-0.2, -0.15) is 0 Å². The molecule has 3 aromatic carbocycles. The summed E-state index contributed by atoms with van der Waals surface area (Å²) in [7, 11) is 3.11. The molecule has 3 aromatic rings. The molecule has 1 N–H and O–H groups in total. The van der Waals surface area contributed by atoms with Crippen molar-refractivity contribution in [3.05, 3.63) is 107 Å². The van der Waals surface area contributed by atoms with Crippen molar-refractivity contribution in [1.82, 2.24) is 10.2 Å². The maximum Gasteiger partial charge on any atom is 0.247 e. The first-order chi connectivity index (χ1) is 17.0. The van der Waals surface area contributed by atoms with E-state index in [2.05, 4.69) is 11.9 Å². The molecule has 0 heterocycles. The van der Waals surface area contributed by atoms with Gasteiger partial charge in [0.15, 0.2) is 11.5 Å². The zero-order chi connectivity index (χ0) is 25.2. The topological polar surface area (TPSA) is 67.9 Å². The van der Waals surface area contributed by atoms with Crippen LogP contribution in [0.1, 0.15) is 22.7 Å². The summed E-state index contributed by atoms with van der Waals surface area (Å²) < 4.78 is 10.7. The molecule has 182 valence electrons. The summed E-state index contributed by atoms with van der Waals surface area (Å²) in [6.07, 6.45) is 1.68. The second-order valence-electron chi connectivity index (χ2n) is 7.86. The fraction of sp³-hybridized carbons (Fsp3) is 0.214. The van der Waals surface area contributed by atoms with Crippen molar-refractivity contribution in [1.29, 1.82) is 0 Å². The first-order valence-corrected chi connectivity index (χ1v) is 11.5. The zero-order valence-electron chi connectivity index (χ0n) is 19.9. The van der Waals surface area contributed by atoms with Gasteiger partial charge in [-0.3, -0.25) is 9.59 Å². The molecule has 1 unspecified atom stereocenters. The smallest absolute Gasteiger partial charge is 0.247 e. The Morgan fingerprint density at radius 1 is 0.971 bits per heavy atom. The number of hydrogen-bond acceptors (Lipinski definition) is 4. The van der Waals surface area contributed by atoms with E-state index in [1.54, 1.807) is 49.5 Å². The lowest BCUT2D eigenvalue weighted by Crippen LogP contribution is -2.44. The lowest BCUT2D eigenvalue weighted by Gasteiger charge is -2.32. The molecule has 0 radical (unpaired) electrons. The van der Waals surface area contributed by atoms with Gasteiger partial charge in [0, 0.05) is 18.1 Å². The summed E-state index contributed by atoms with van der Waals surface area (Å²) in [5, 5.41) is 3.45. The molecular weight excluding hydrogens is 464 g/mol. The molecule has 3 rings (SSSR count). The van der Waals surface area contributed by atoms with E-state index in [4.69, 9.17) is 21.1 Å². The normalized spacial score (nSPS) is 11.3. The van der Waals surface area contributed by atoms with Crippen LogP contribution in [0, 0.1) is 0 Å². The van der Waals surface area contributed by atoms with Crippen LogP contribution in [0.25, 0.3) is 0 Å². The number of nitrogens with one attached hydrogen (secondary N) is 1. The van der Waals surface area contributed by atoms with Gasteiger partial charge in [0.1, 0.15) is 6.04 Å². The van der Waals surface area contributed by atoms with E-state index < -0.39 is 6.04 Å². The maximum atomic E-state index is 13.8. The summed E-state index contributed by atoms with van der Waals surface area (Å²) in [5.41, 5.74) is 2.31. The third-order valence-electron chi connectivity index (χ3n) is 5.49. The van der Waals surface area contributed by atoms with Gasteiger partial charge in [-0.05, 0) is 41.0 Å². The highest BCUT2D eigenvalue weighted by Crippen LogP contribution is 2.29. The van der Waals surface area contributed by atoms with Gasteiger partial charge < -0.3 is 19.7 Å². The fourth-order valence-corrected chi connectivity index (χ4v) is 3.88. The predicted molar refractivity (Wildman–Crippen MR) is 138 cm³/mol. The number of carbonyl (C=O) groups is 2. The molecule has 0 fully saturated rings. The Balaban J connectivity index is 2.00. The van der Waals surface area contributed by atoms with Crippen LogP contribution in [0.4, 0.5) is 0 Å². The van der Waals surface area contributed by atoms with E-state index in [-0.39, 0.29) is 24.8 Å². The Morgan fingerprint density at radius 3 is 2.26 bits per heavy atom. The van der Waals surface area contributed by atoms with E-state index in [9.17, 15) is 9.59 Å². The standard InChI is InChI=1S/C28H29ClN2O4/c1-4-16-30-28(33)27(22-8-6-5-7-9-22)31(19-20-10-13-23(29)14-11-20)26(32)18-21-12-15-24(34-2)25(17-21)35-3/h4-15,17,27H,1,16,18-19H2,2-3H3,(H,30,33). The number of carbonyl (C=O) groups excluding carboxylic acids is 2. The van der Waals surface area contributed by atoms with Crippen LogP contribution in [0.2, 0.25) is 5.02 Å². The van der Waals surface area contributed by atoms with Crippen molar-refractivity contribution in [3.8, 4) is 11.5 Å². The van der Waals surface area contributed by atoms with Crippen LogP contribution in [-0.4, -0.2) is 37.5 Å². The van der Waals surface area contributed by atoms with Gasteiger partial charge >= 0.3 is 0 Å². The Kier molecular flexibility index (Phi) is 9.32. The van der Waals surface area contributed by atoms with Crippen molar-refractivity contribution in [3.63, 3.8) is 0 Å². The minimum Gasteiger partial charge on any atom is -0.493 e. The molecule has 0 saturated heterocycles. The quantitative estimate of drug-likeness (QED) is 0.384. The highest BCUT2D eigenvalue weighted by atomic mass is 35.5. The van der Waals surface area contributed by atoms with Gasteiger partial charge in [-0.1, -0.05) is 66.2 Å². The first kappa shape index (κ1) is 25.8. The second kappa shape index (κ2) is 12.6. The average Bonchev–Trinajstić information content (AvgIpc) is 2.88. The van der Waals surface area contributed by atoms with Crippen molar-refractivity contribution < 1.29 is 19.1 Å². The van der Waals surface area contributed by atoms with Crippen molar-refractivity contribution in [2.24, 2.45) is 0 Å². The van der Waals surface area contributed by atoms with E-state index in [1.165, 1.54) is 0 Å². The van der Waals surface area contributed by atoms with E-state index >= 15 is 0 Å². The Hall–Kier alpha value is -3.77. The zero-order valence-corrected chi connectivity index (χ0v) is 20.6. The summed E-state index contributed by atoms with van der Waals surface area (Å²) in [4.78, 5) is 28.7. The van der Waals surface area contributed by atoms with Crippen molar-refractivity contribution in [2.45, 2.75) is 19.0 Å².